The fourth-order valence-corrected chi connectivity index (χ4v) is 2.45. The molecule has 2 atom stereocenters. The Morgan fingerprint density at radius 3 is 2.29 bits per heavy atom. The summed E-state index contributed by atoms with van der Waals surface area (Å²) in [6.07, 6.45) is 0. The van der Waals surface area contributed by atoms with Crippen molar-refractivity contribution >= 4 is 27.6 Å². The van der Waals surface area contributed by atoms with Gasteiger partial charge in [-0.15, -0.1) is 0 Å². The second kappa shape index (κ2) is 7.27. The highest BCUT2D eigenvalue weighted by molar-refractivity contribution is 9.10. The normalized spacial score (nSPS) is 13.3. The molecule has 2 aromatic carbocycles. The molecule has 0 amide bonds. The van der Waals surface area contributed by atoms with E-state index in [0.717, 1.165) is 15.7 Å². The summed E-state index contributed by atoms with van der Waals surface area (Å²) in [5.41, 5.74) is 1.98. The van der Waals surface area contributed by atoms with Gasteiger partial charge in [-0.05, 0) is 29.8 Å². The highest BCUT2D eigenvalue weighted by Gasteiger charge is 2.27. The predicted octanol–water partition coefficient (Wildman–Crippen LogP) is 4.21. The van der Waals surface area contributed by atoms with E-state index >= 15 is 0 Å². The van der Waals surface area contributed by atoms with Gasteiger partial charge < -0.3 is 10.1 Å². The van der Waals surface area contributed by atoms with Crippen molar-refractivity contribution in [2.45, 2.75) is 18.9 Å². The Balaban J connectivity index is 2.22. The van der Waals surface area contributed by atoms with Crippen LogP contribution in [-0.4, -0.2) is 19.1 Å². The van der Waals surface area contributed by atoms with Crippen LogP contribution in [0.15, 0.2) is 59.1 Å². The molecular weight excluding hydrogens is 330 g/mol. The molecule has 21 heavy (non-hydrogen) atoms. The SMILES string of the molecule is COC(=O)C(Nc1ccc(Br)cc1)C(C)c1ccccc1. The van der Waals surface area contributed by atoms with Crippen molar-refractivity contribution in [2.24, 2.45) is 0 Å². The van der Waals surface area contributed by atoms with E-state index < -0.39 is 6.04 Å². The molecule has 0 aliphatic heterocycles. The number of carbonyl (C=O) groups is 1. The molecule has 2 rings (SSSR count). The number of methoxy groups -OCH3 is 1. The van der Waals surface area contributed by atoms with Gasteiger partial charge in [0, 0.05) is 16.1 Å². The lowest BCUT2D eigenvalue weighted by atomic mass is 9.93. The van der Waals surface area contributed by atoms with Gasteiger partial charge in [0.1, 0.15) is 6.04 Å². The Morgan fingerprint density at radius 1 is 1.10 bits per heavy atom. The topological polar surface area (TPSA) is 38.3 Å². The van der Waals surface area contributed by atoms with E-state index in [0.29, 0.717) is 0 Å². The first-order valence-electron chi connectivity index (χ1n) is 6.76. The number of hydrogen-bond acceptors (Lipinski definition) is 3. The number of nitrogens with one attached hydrogen (secondary N) is 1. The molecule has 0 bridgehead atoms. The van der Waals surface area contributed by atoms with Crippen molar-refractivity contribution in [2.75, 3.05) is 12.4 Å². The maximum absolute atomic E-state index is 12.1. The van der Waals surface area contributed by atoms with Crippen molar-refractivity contribution in [3.63, 3.8) is 0 Å². The van der Waals surface area contributed by atoms with Crippen molar-refractivity contribution in [3.8, 4) is 0 Å². The molecule has 0 aromatic heterocycles. The second-order valence-corrected chi connectivity index (χ2v) is 5.77. The Kier molecular flexibility index (Phi) is 5.39. The average Bonchev–Trinajstić information content (AvgIpc) is 2.54. The van der Waals surface area contributed by atoms with E-state index in [-0.39, 0.29) is 11.9 Å². The van der Waals surface area contributed by atoms with Crippen LogP contribution in [0.1, 0.15) is 18.4 Å². The minimum Gasteiger partial charge on any atom is -0.467 e. The molecule has 2 unspecified atom stereocenters. The Bertz CT molecular complexity index is 583. The Labute approximate surface area is 133 Å². The van der Waals surface area contributed by atoms with Crippen LogP contribution in [0.3, 0.4) is 0 Å². The third-order valence-electron chi connectivity index (χ3n) is 3.45. The number of halogens is 1. The van der Waals surface area contributed by atoms with Crippen LogP contribution in [0.4, 0.5) is 5.69 Å². The molecule has 0 heterocycles. The maximum atomic E-state index is 12.1. The van der Waals surface area contributed by atoms with Gasteiger partial charge >= 0.3 is 5.97 Å². The van der Waals surface area contributed by atoms with Crippen LogP contribution < -0.4 is 5.32 Å². The van der Waals surface area contributed by atoms with Gasteiger partial charge in [0.25, 0.3) is 0 Å². The smallest absolute Gasteiger partial charge is 0.328 e. The number of anilines is 1. The monoisotopic (exact) mass is 347 g/mol. The largest absolute Gasteiger partial charge is 0.467 e. The van der Waals surface area contributed by atoms with Gasteiger partial charge in [0.15, 0.2) is 0 Å². The number of benzene rings is 2. The lowest BCUT2D eigenvalue weighted by molar-refractivity contribution is -0.142. The van der Waals surface area contributed by atoms with Gasteiger partial charge in [-0.25, -0.2) is 4.79 Å². The lowest BCUT2D eigenvalue weighted by Gasteiger charge is -2.24. The number of rotatable bonds is 5. The summed E-state index contributed by atoms with van der Waals surface area (Å²) < 4.78 is 5.94. The van der Waals surface area contributed by atoms with E-state index in [2.05, 4.69) is 21.2 Å². The van der Waals surface area contributed by atoms with Crippen LogP contribution in [0.2, 0.25) is 0 Å². The quantitative estimate of drug-likeness (QED) is 0.823. The van der Waals surface area contributed by atoms with Crippen molar-refractivity contribution in [1.82, 2.24) is 0 Å². The minimum atomic E-state index is -0.432. The predicted molar refractivity (Wildman–Crippen MR) is 88.4 cm³/mol. The zero-order valence-electron chi connectivity index (χ0n) is 12.0. The van der Waals surface area contributed by atoms with Crippen LogP contribution in [-0.2, 0) is 9.53 Å². The molecule has 0 aliphatic rings. The molecule has 0 saturated carbocycles. The van der Waals surface area contributed by atoms with Crippen molar-refractivity contribution in [1.29, 1.82) is 0 Å². The van der Waals surface area contributed by atoms with Gasteiger partial charge in [-0.1, -0.05) is 53.2 Å². The average molecular weight is 348 g/mol. The maximum Gasteiger partial charge on any atom is 0.328 e. The van der Waals surface area contributed by atoms with Crippen molar-refractivity contribution < 1.29 is 9.53 Å². The number of hydrogen-bond donors (Lipinski definition) is 1. The van der Waals surface area contributed by atoms with E-state index in [4.69, 9.17) is 4.74 Å². The van der Waals surface area contributed by atoms with Crippen LogP contribution in [0, 0.1) is 0 Å². The molecule has 0 fully saturated rings. The van der Waals surface area contributed by atoms with Gasteiger partial charge in [0.05, 0.1) is 7.11 Å². The molecule has 1 N–H and O–H groups in total. The molecule has 2 aromatic rings. The molecular formula is C17H18BrNO2. The fraction of sp³-hybridized carbons (Fsp3) is 0.235. The number of esters is 1. The summed E-state index contributed by atoms with van der Waals surface area (Å²) in [5.74, 6) is -0.267. The molecule has 110 valence electrons. The summed E-state index contributed by atoms with van der Waals surface area (Å²) in [6, 6.07) is 17.2. The lowest BCUT2D eigenvalue weighted by Crippen LogP contribution is -2.35. The summed E-state index contributed by atoms with van der Waals surface area (Å²) >= 11 is 3.40. The van der Waals surface area contributed by atoms with E-state index in [1.807, 2.05) is 61.5 Å². The Morgan fingerprint density at radius 2 is 1.71 bits per heavy atom. The zero-order valence-corrected chi connectivity index (χ0v) is 13.6. The third-order valence-corrected chi connectivity index (χ3v) is 3.98. The van der Waals surface area contributed by atoms with Gasteiger partial charge in [0.2, 0.25) is 0 Å². The molecule has 3 nitrogen and oxygen atoms in total. The van der Waals surface area contributed by atoms with Crippen LogP contribution in [0.5, 0.6) is 0 Å². The molecule has 0 saturated heterocycles. The number of carbonyl (C=O) groups excluding carboxylic acids is 1. The highest BCUT2D eigenvalue weighted by atomic mass is 79.9. The van der Waals surface area contributed by atoms with E-state index in [9.17, 15) is 4.79 Å². The first kappa shape index (κ1) is 15.6. The summed E-state index contributed by atoms with van der Waals surface area (Å²) in [5, 5.41) is 3.26. The fourth-order valence-electron chi connectivity index (χ4n) is 2.19. The molecule has 4 heteroatoms. The summed E-state index contributed by atoms with van der Waals surface area (Å²) in [7, 11) is 1.41. The minimum absolute atomic E-state index is 0.00213. The van der Waals surface area contributed by atoms with Crippen molar-refractivity contribution in [3.05, 3.63) is 64.6 Å². The summed E-state index contributed by atoms with van der Waals surface area (Å²) in [6.45, 7) is 2.02. The van der Waals surface area contributed by atoms with Gasteiger partial charge in [-0.3, -0.25) is 0 Å². The molecule has 0 radical (unpaired) electrons. The first-order chi connectivity index (χ1) is 10.1. The third kappa shape index (κ3) is 4.08. The molecule has 0 spiro atoms. The van der Waals surface area contributed by atoms with Gasteiger partial charge in [-0.2, -0.15) is 0 Å². The zero-order chi connectivity index (χ0) is 15.2. The van der Waals surface area contributed by atoms with E-state index in [1.165, 1.54) is 7.11 Å². The van der Waals surface area contributed by atoms with Crippen LogP contribution in [0.25, 0.3) is 0 Å². The first-order valence-corrected chi connectivity index (χ1v) is 7.56. The molecule has 0 aliphatic carbocycles. The van der Waals surface area contributed by atoms with E-state index in [1.54, 1.807) is 0 Å². The Hall–Kier alpha value is -1.81. The highest BCUT2D eigenvalue weighted by Crippen LogP contribution is 2.24. The summed E-state index contributed by atoms with van der Waals surface area (Å²) in [4.78, 5) is 12.1. The number of ether oxygens (including phenoxy) is 1. The van der Waals surface area contributed by atoms with Crippen LogP contribution >= 0.6 is 15.9 Å². The second-order valence-electron chi connectivity index (χ2n) is 4.85. The standard InChI is InChI=1S/C17H18BrNO2/c1-12(13-6-4-3-5-7-13)16(17(20)21-2)19-15-10-8-14(18)9-11-15/h3-12,16,19H,1-2H3.